The predicted octanol–water partition coefficient (Wildman–Crippen LogP) is 8.47. The number of carbonyl (C=O) groups is 1. The Balaban J connectivity index is 1.96. The van der Waals surface area contributed by atoms with Crippen LogP contribution in [0.2, 0.25) is 0 Å². The summed E-state index contributed by atoms with van der Waals surface area (Å²) in [4.78, 5) is 15.6. The van der Waals surface area contributed by atoms with E-state index in [0.29, 0.717) is 17.9 Å². The first-order valence-electron chi connectivity index (χ1n) is 15.8. The summed E-state index contributed by atoms with van der Waals surface area (Å²) in [6.45, 7) is 20.3. The van der Waals surface area contributed by atoms with Crippen molar-refractivity contribution >= 4 is 14.8 Å². The maximum absolute atomic E-state index is 14.1. The number of nitrogens with zero attached hydrogens (tertiary/aromatic N) is 1. The van der Waals surface area contributed by atoms with E-state index >= 15 is 0 Å². The van der Waals surface area contributed by atoms with Crippen LogP contribution in [0.25, 0.3) is 0 Å². The van der Waals surface area contributed by atoms with Crippen LogP contribution in [0.3, 0.4) is 0 Å². The Labute approximate surface area is 280 Å². The van der Waals surface area contributed by atoms with Crippen LogP contribution in [0.4, 0.5) is 9.18 Å². The van der Waals surface area contributed by atoms with Crippen LogP contribution >= 0.6 is 8.69 Å². The van der Waals surface area contributed by atoms with Gasteiger partial charge in [-0.1, -0.05) is 18.2 Å². The third-order valence-electron chi connectivity index (χ3n) is 6.98. The highest BCUT2D eigenvalue weighted by atomic mass is 31.1. The SMILES string of the molecule is CC(C)(C)OC(=O)N1C(C)(C)OCC1(CCc1ccc(OCCOc2cccc(F)c2)cc1)C(OP=O)(OC(C)(C)C)OC(C)(C)C. The molecule has 262 valence electrons. The second kappa shape index (κ2) is 14.7. The molecule has 1 aliphatic heterocycles. The molecule has 1 unspecified atom stereocenters. The quantitative estimate of drug-likeness (QED) is 0.117. The normalized spacial score (nSPS) is 18.8. The van der Waals surface area contributed by atoms with Crippen LogP contribution in [0, 0.1) is 5.82 Å². The molecule has 0 bridgehead atoms. The first-order valence-corrected chi connectivity index (χ1v) is 16.5. The third-order valence-corrected chi connectivity index (χ3v) is 7.30. The van der Waals surface area contributed by atoms with Crippen LogP contribution < -0.4 is 9.47 Å². The van der Waals surface area contributed by atoms with Gasteiger partial charge < -0.3 is 28.4 Å². The van der Waals surface area contributed by atoms with Gasteiger partial charge in [0.15, 0.2) is 5.54 Å². The Morgan fingerprint density at radius 3 is 1.96 bits per heavy atom. The average molecular weight is 680 g/mol. The molecule has 0 aliphatic carbocycles. The highest BCUT2D eigenvalue weighted by Crippen LogP contribution is 2.51. The molecule has 1 atom stereocenters. The summed E-state index contributed by atoms with van der Waals surface area (Å²) in [6.07, 6.45) is -0.0162. The molecule has 1 aliphatic rings. The topological polar surface area (TPSA) is 102 Å². The number of carbonyl (C=O) groups excluding carboxylic acids is 1. The summed E-state index contributed by atoms with van der Waals surface area (Å²) >= 11 is 0. The third kappa shape index (κ3) is 10.6. The molecular formula is C35H51FNO9P. The first kappa shape index (κ1) is 38.6. The summed E-state index contributed by atoms with van der Waals surface area (Å²) in [7, 11) is -0.711. The van der Waals surface area contributed by atoms with Crippen LogP contribution in [-0.4, -0.2) is 64.9 Å². The lowest BCUT2D eigenvalue weighted by atomic mass is 9.86. The zero-order valence-corrected chi connectivity index (χ0v) is 30.5. The van der Waals surface area contributed by atoms with Gasteiger partial charge in [0.1, 0.15) is 41.9 Å². The molecular weight excluding hydrogens is 628 g/mol. The van der Waals surface area contributed by atoms with E-state index in [2.05, 4.69) is 0 Å². The molecule has 0 aromatic heterocycles. The Hall–Kier alpha value is -2.82. The van der Waals surface area contributed by atoms with Gasteiger partial charge in [0.25, 0.3) is 0 Å². The summed E-state index contributed by atoms with van der Waals surface area (Å²) in [5.74, 6) is -1.36. The van der Waals surface area contributed by atoms with Crippen molar-refractivity contribution in [2.75, 3.05) is 19.8 Å². The van der Waals surface area contributed by atoms with Crippen molar-refractivity contribution in [3.63, 3.8) is 0 Å². The maximum atomic E-state index is 14.1. The minimum absolute atomic E-state index is 0.0621. The van der Waals surface area contributed by atoms with Crippen molar-refractivity contribution in [3.05, 3.63) is 59.9 Å². The Morgan fingerprint density at radius 2 is 1.45 bits per heavy atom. The molecule has 2 aromatic rings. The van der Waals surface area contributed by atoms with E-state index in [1.54, 1.807) is 46.8 Å². The Morgan fingerprint density at radius 1 is 0.872 bits per heavy atom. The van der Waals surface area contributed by atoms with Crippen LogP contribution in [0.5, 0.6) is 11.5 Å². The van der Waals surface area contributed by atoms with Gasteiger partial charge in [0.05, 0.1) is 17.8 Å². The summed E-state index contributed by atoms with van der Waals surface area (Å²) < 4.78 is 68.5. The van der Waals surface area contributed by atoms with E-state index < -0.39 is 48.8 Å². The van der Waals surface area contributed by atoms with Crippen molar-refractivity contribution < 1.29 is 46.7 Å². The number of halogens is 1. The molecule has 1 fully saturated rings. The summed E-state index contributed by atoms with van der Waals surface area (Å²) in [5, 5.41) is 0. The molecule has 1 amide bonds. The molecule has 10 nitrogen and oxygen atoms in total. The summed E-state index contributed by atoms with van der Waals surface area (Å²) in [5.41, 5.74) is -4.29. The monoisotopic (exact) mass is 679 g/mol. The van der Waals surface area contributed by atoms with E-state index in [4.69, 9.17) is 32.9 Å². The van der Waals surface area contributed by atoms with Crippen LogP contribution in [-0.2, 0) is 34.5 Å². The second-order valence-electron chi connectivity index (χ2n) is 15.0. The van der Waals surface area contributed by atoms with Gasteiger partial charge in [0.2, 0.25) is 0 Å². The molecule has 0 radical (unpaired) electrons. The fourth-order valence-corrected chi connectivity index (χ4v) is 5.72. The lowest BCUT2D eigenvalue weighted by molar-refractivity contribution is -0.434. The van der Waals surface area contributed by atoms with Crippen molar-refractivity contribution in [2.45, 2.75) is 123 Å². The fourth-order valence-electron chi connectivity index (χ4n) is 5.37. The number of hydrogen-bond donors (Lipinski definition) is 0. The minimum Gasteiger partial charge on any atom is -0.490 e. The predicted molar refractivity (Wildman–Crippen MR) is 176 cm³/mol. The number of amides is 1. The number of benzene rings is 2. The number of ether oxygens (including phenoxy) is 6. The first-order chi connectivity index (χ1) is 21.6. The van der Waals surface area contributed by atoms with E-state index in [1.165, 1.54) is 17.0 Å². The molecule has 1 heterocycles. The Bertz CT molecular complexity index is 1330. The largest absolute Gasteiger partial charge is 0.490 e. The highest BCUT2D eigenvalue weighted by molar-refractivity contribution is 7.17. The molecule has 47 heavy (non-hydrogen) atoms. The molecule has 0 N–H and O–H groups in total. The maximum Gasteiger partial charge on any atom is 0.413 e. The number of hydrogen-bond acceptors (Lipinski definition) is 9. The standard InChI is InChI=1S/C35H51FNO9P/c1-30(2,3)43-29(38)37-33(10,11)42-24-34(37,35(46-47-39,44-31(4,5)6)45-32(7,8)9)20-19-25-15-17-27(18-16-25)40-21-22-41-28-14-12-13-26(36)23-28/h12-18,23H,19-22,24H2,1-11H3. The van der Waals surface area contributed by atoms with Crippen LogP contribution in [0.15, 0.2) is 48.5 Å². The van der Waals surface area contributed by atoms with Gasteiger partial charge >= 0.3 is 20.8 Å². The lowest BCUT2D eigenvalue weighted by Gasteiger charge is -2.53. The zero-order chi connectivity index (χ0) is 35.3. The van der Waals surface area contributed by atoms with Crippen molar-refractivity contribution in [2.24, 2.45) is 0 Å². The fraction of sp³-hybridized carbons (Fsp3) is 0.629. The lowest BCUT2D eigenvalue weighted by Crippen LogP contribution is -2.72. The smallest absolute Gasteiger partial charge is 0.413 e. The van der Waals surface area contributed by atoms with E-state index in [0.717, 1.165) is 5.56 Å². The van der Waals surface area contributed by atoms with Gasteiger partial charge in [-0.05, 0) is 119 Å². The highest BCUT2D eigenvalue weighted by Gasteiger charge is 2.70. The van der Waals surface area contributed by atoms with Crippen molar-refractivity contribution in [1.82, 2.24) is 4.90 Å². The molecule has 2 aromatic carbocycles. The van der Waals surface area contributed by atoms with Gasteiger partial charge in [-0.25, -0.2) is 18.3 Å². The molecule has 1 saturated heterocycles. The van der Waals surface area contributed by atoms with Crippen molar-refractivity contribution in [1.29, 1.82) is 0 Å². The van der Waals surface area contributed by atoms with E-state index in [9.17, 15) is 13.8 Å². The van der Waals surface area contributed by atoms with Gasteiger partial charge in [-0.15, -0.1) is 0 Å². The molecule has 0 spiro atoms. The van der Waals surface area contributed by atoms with Gasteiger partial charge in [-0.3, -0.25) is 4.90 Å². The zero-order valence-electron chi connectivity index (χ0n) is 29.6. The van der Waals surface area contributed by atoms with Crippen molar-refractivity contribution in [3.8, 4) is 11.5 Å². The van der Waals surface area contributed by atoms with E-state index in [-0.39, 0.29) is 32.1 Å². The minimum atomic E-state index is -2.05. The molecule has 0 saturated carbocycles. The van der Waals surface area contributed by atoms with Gasteiger partial charge in [0, 0.05) is 6.07 Å². The second-order valence-corrected chi connectivity index (χ2v) is 15.4. The average Bonchev–Trinajstić information content (AvgIpc) is 3.19. The van der Waals surface area contributed by atoms with Crippen LogP contribution in [0.1, 0.15) is 88.1 Å². The molecule has 12 heteroatoms. The van der Waals surface area contributed by atoms with Gasteiger partial charge in [-0.2, -0.15) is 0 Å². The number of rotatable bonds is 13. The number of aryl methyl sites for hydroxylation is 1. The Kier molecular flexibility index (Phi) is 12.1. The van der Waals surface area contributed by atoms with E-state index in [1.807, 2.05) is 65.8 Å². The molecule has 3 rings (SSSR count). The summed E-state index contributed by atoms with van der Waals surface area (Å²) in [6, 6.07) is 13.4.